The van der Waals surface area contributed by atoms with E-state index in [0.29, 0.717) is 13.1 Å². The molecule has 4 nitrogen and oxygen atoms in total. The topological polar surface area (TPSA) is 55.6 Å². The van der Waals surface area contributed by atoms with E-state index in [2.05, 4.69) is 0 Å². The van der Waals surface area contributed by atoms with Gasteiger partial charge in [-0.25, -0.2) is 4.79 Å². The Morgan fingerprint density at radius 2 is 1.93 bits per heavy atom. The molecule has 0 rings (SSSR count). The fourth-order valence-electron chi connectivity index (χ4n) is 1.17. The molecule has 90 valence electrons. The first-order valence-corrected chi connectivity index (χ1v) is 5.58. The molecule has 0 bridgehead atoms. The molecule has 0 aliphatic heterocycles. The van der Waals surface area contributed by atoms with Gasteiger partial charge in [-0.1, -0.05) is 6.92 Å². The molecule has 0 aliphatic rings. The monoisotopic (exact) mass is 216 g/mol. The Morgan fingerprint density at radius 1 is 1.33 bits per heavy atom. The molecule has 1 amide bonds. The van der Waals surface area contributed by atoms with Gasteiger partial charge in [0.05, 0.1) is 0 Å². The van der Waals surface area contributed by atoms with E-state index in [1.165, 1.54) is 0 Å². The van der Waals surface area contributed by atoms with Gasteiger partial charge in [0.15, 0.2) is 0 Å². The minimum Gasteiger partial charge on any atom is -0.444 e. The molecule has 4 heteroatoms. The molecular weight excluding hydrogens is 192 g/mol. The highest BCUT2D eigenvalue weighted by Gasteiger charge is 2.20. The zero-order chi connectivity index (χ0) is 11.9. The Labute approximate surface area is 92.8 Å². The van der Waals surface area contributed by atoms with E-state index in [9.17, 15) is 4.79 Å². The van der Waals surface area contributed by atoms with Crippen LogP contribution >= 0.6 is 0 Å². The van der Waals surface area contributed by atoms with Crippen molar-refractivity contribution in [2.75, 3.05) is 19.6 Å². The molecule has 0 aliphatic carbocycles. The third-order valence-corrected chi connectivity index (χ3v) is 1.78. The molecule has 0 spiro atoms. The van der Waals surface area contributed by atoms with Crippen LogP contribution in [0.3, 0.4) is 0 Å². The molecule has 0 aromatic carbocycles. The summed E-state index contributed by atoms with van der Waals surface area (Å²) >= 11 is 0. The highest BCUT2D eigenvalue weighted by molar-refractivity contribution is 5.68. The standard InChI is InChI=1S/C11H24N2O2/c1-5-8-13(9-6-7-12)10(14)15-11(2,3)4/h5-9,12H2,1-4H3. The van der Waals surface area contributed by atoms with Crippen LogP contribution < -0.4 is 5.73 Å². The van der Waals surface area contributed by atoms with Crippen LogP contribution in [0, 0.1) is 0 Å². The average Bonchev–Trinajstić information content (AvgIpc) is 2.09. The predicted molar refractivity (Wildman–Crippen MR) is 61.8 cm³/mol. The number of carbonyl (C=O) groups excluding carboxylic acids is 1. The predicted octanol–water partition coefficient (Wildman–Crippen LogP) is 1.98. The first-order valence-electron chi connectivity index (χ1n) is 5.58. The number of nitrogens with zero attached hydrogens (tertiary/aromatic N) is 1. The zero-order valence-electron chi connectivity index (χ0n) is 10.4. The highest BCUT2D eigenvalue weighted by Crippen LogP contribution is 2.10. The molecule has 0 fully saturated rings. The summed E-state index contributed by atoms with van der Waals surface area (Å²) in [5.41, 5.74) is 5.00. The maximum Gasteiger partial charge on any atom is 0.410 e. The summed E-state index contributed by atoms with van der Waals surface area (Å²) in [6.07, 6.45) is 1.51. The number of rotatable bonds is 5. The van der Waals surface area contributed by atoms with Crippen molar-refractivity contribution in [1.82, 2.24) is 4.90 Å². The van der Waals surface area contributed by atoms with Crippen LogP contribution in [-0.2, 0) is 4.74 Å². The van der Waals surface area contributed by atoms with Crippen LogP contribution in [0.15, 0.2) is 0 Å². The van der Waals surface area contributed by atoms with Crippen molar-refractivity contribution in [2.45, 2.75) is 46.1 Å². The summed E-state index contributed by atoms with van der Waals surface area (Å²) in [4.78, 5) is 13.4. The van der Waals surface area contributed by atoms with Crippen LogP contribution in [0.2, 0.25) is 0 Å². The van der Waals surface area contributed by atoms with Gasteiger partial charge in [-0.15, -0.1) is 0 Å². The smallest absolute Gasteiger partial charge is 0.410 e. The number of carbonyl (C=O) groups is 1. The van der Waals surface area contributed by atoms with E-state index < -0.39 is 5.60 Å². The number of nitrogens with two attached hydrogens (primary N) is 1. The first-order chi connectivity index (χ1) is 6.90. The van der Waals surface area contributed by atoms with Gasteiger partial charge < -0.3 is 15.4 Å². The van der Waals surface area contributed by atoms with E-state index in [1.807, 2.05) is 27.7 Å². The van der Waals surface area contributed by atoms with E-state index in [1.54, 1.807) is 4.90 Å². The summed E-state index contributed by atoms with van der Waals surface area (Å²) in [5.74, 6) is 0. The Morgan fingerprint density at radius 3 is 2.33 bits per heavy atom. The van der Waals surface area contributed by atoms with Gasteiger partial charge in [-0.3, -0.25) is 0 Å². The normalized spacial score (nSPS) is 11.3. The minimum atomic E-state index is -0.425. The van der Waals surface area contributed by atoms with Crippen molar-refractivity contribution in [3.8, 4) is 0 Å². The highest BCUT2D eigenvalue weighted by atomic mass is 16.6. The lowest BCUT2D eigenvalue weighted by Crippen LogP contribution is -2.38. The number of amides is 1. The van der Waals surface area contributed by atoms with Crippen molar-refractivity contribution >= 4 is 6.09 Å². The van der Waals surface area contributed by atoms with Crippen molar-refractivity contribution in [2.24, 2.45) is 5.73 Å². The lowest BCUT2D eigenvalue weighted by atomic mass is 10.2. The molecule has 0 aromatic rings. The Kier molecular flexibility index (Phi) is 6.32. The third kappa shape index (κ3) is 7.19. The lowest BCUT2D eigenvalue weighted by Gasteiger charge is -2.27. The van der Waals surface area contributed by atoms with Crippen molar-refractivity contribution in [1.29, 1.82) is 0 Å². The van der Waals surface area contributed by atoms with Crippen molar-refractivity contribution in [3.63, 3.8) is 0 Å². The maximum atomic E-state index is 11.7. The fourth-order valence-corrected chi connectivity index (χ4v) is 1.17. The second-order valence-corrected chi connectivity index (χ2v) is 4.61. The van der Waals surface area contributed by atoms with E-state index >= 15 is 0 Å². The largest absolute Gasteiger partial charge is 0.444 e. The van der Waals surface area contributed by atoms with Crippen LogP contribution in [0.25, 0.3) is 0 Å². The summed E-state index contributed by atoms with van der Waals surface area (Å²) < 4.78 is 5.30. The molecule has 0 heterocycles. The molecule has 0 saturated heterocycles. The minimum absolute atomic E-state index is 0.238. The molecule has 15 heavy (non-hydrogen) atoms. The second kappa shape index (κ2) is 6.67. The van der Waals surface area contributed by atoms with Crippen LogP contribution in [-0.4, -0.2) is 36.2 Å². The van der Waals surface area contributed by atoms with Gasteiger partial charge >= 0.3 is 6.09 Å². The number of hydrogen-bond donors (Lipinski definition) is 1. The molecule has 0 aromatic heterocycles. The van der Waals surface area contributed by atoms with Crippen molar-refractivity contribution < 1.29 is 9.53 Å². The van der Waals surface area contributed by atoms with Gasteiger partial charge in [-0.05, 0) is 40.2 Å². The van der Waals surface area contributed by atoms with Crippen molar-refractivity contribution in [3.05, 3.63) is 0 Å². The SMILES string of the molecule is CCCN(CCCN)C(=O)OC(C)(C)C. The first kappa shape index (κ1) is 14.2. The van der Waals surface area contributed by atoms with Crippen LogP contribution in [0.1, 0.15) is 40.5 Å². The zero-order valence-corrected chi connectivity index (χ0v) is 10.4. The average molecular weight is 216 g/mol. The Balaban J connectivity index is 4.15. The molecule has 0 unspecified atom stereocenters. The molecular formula is C11H24N2O2. The van der Waals surface area contributed by atoms with Gasteiger partial charge in [-0.2, -0.15) is 0 Å². The van der Waals surface area contributed by atoms with Gasteiger partial charge in [0.1, 0.15) is 5.60 Å². The Bertz CT molecular complexity index is 188. The molecule has 2 N–H and O–H groups in total. The van der Waals surface area contributed by atoms with Gasteiger partial charge in [0.2, 0.25) is 0 Å². The van der Waals surface area contributed by atoms with E-state index in [-0.39, 0.29) is 6.09 Å². The molecule has 0 saturated carbocycles. The van der Waals surface area contributed by atoms with Gasteiger partial charge in [0.25, 0.3) is 0 Å². The van der Waals surface area contributed by atoms with E-state index in [0.717, 1.165) is 19.4 Å². The van der Waals surface area contributed by atoms with E-state index in [4.69, 9.17) is 10.5 Å². The number of ether oxygens (including phenoxy) is 1. The third-order valence-electron chi connectivity index (χ3n) is 1.78. The summed E-state index contributed by atoms with van der Waals surface area (Å²) in [6, 6.07) is 0. The summed E-state index contributed by atoms with van der Waals surface area (Å²) in [5, 5.41) is 0. The Hall–Kier alpha value is -0.770. The maximum absolute atomic E-state index is 11.7. The lowest BCUT2D eigenvalue weighted by molar-refractivity contribution is 0.0249. The molecule has 0 radical (unpaired) electrons. The molecule has 0 atom stereocenters. The van der Waals surface area contributed by atoms with Crippen LogP contribution in [0.4, 0.5) is 4.79 Å². The quantitative estimate of drug-likeness (QED) is 0.764. The summed E-state index contributed by atoms with van der Waals surface area (Å²) in [7, 11) is 0. The van der Waals surface area contributed by atoms with Gasteiger partial charge in [0, 0.05) is 13.1 Å². The summed E-state index contributed by atoms with van der Waals surface area (Å²) in [6.45, 7) is 9.67. The number of hydrogen-bond acceptors (Lipinski definition) is 3. The van der Waals surface area contributed by atoms with Crippen LogP contribution in [0.5, 0.6) is 0 Å². The fraction of sp³-hybridized carbons (Fsp3) is 0.909. The second-order valence-electron chi connectivity index (χ2n) is 4.61.